The van der Waals surface area contributed by atoms with Gasteiger partial charge in [-0.25, -0.2) is 24.7 Å². The van der Waals surface area contributed by atoms with E-state index >= 15 is 0 Å². The van der Waals surface area contributed by atoms with Crippen LogP contribution in [0.5, 0.6) is 0 Å². The molecule has 6 rings (SSSR count). The Labute approximate surface area is 273 Å². The molecule has 0 spiro atoms. The first kappa shape index (κ1) is 32.7. The van der Waals surface area contributed by atoms with Crippen LogP contribution in [-0.2, 0) is 28.4 Å². The smallest absolute Gasteiger partial charge is 0.341 e. The van der Waals surface area contributed by atoms with Crippen LogP contribution in [0.3, 0.4) is 0 Å². The summed E-state index contributed by atoms with van der Waals surface area (Å²) in [5.41, 5.74) is 8.84. The average molecular weight is 647 g/mol. The predicted molar refractivity (Wildman–Crippen MR) is 175 cm³/mol. The van der Waals surface area contributed by atoms with Crippen molar-refractivity contribution in [3.63, 3.8) is 0 Å². The molecule has 2 saturated carbocycles. The van der Waals surface area contributed by atoms with Crippen molar-refractivity contribution < 1.29 is 14.3 Å². The molecule has 0 aliphatic heterocycles. The second-order valence-corrected chi connectivity index (χ2v) is 12.6. The molecule has 0 atom stereocenters. The van der Waals surface area contributed by atoms with Crippen LogP contribution in [0.1, 0.15) is 88.9 Å². The van der Waals surface area contributed by atoms with Gasteiger partial charge in [-0.05, 0) is 68.0 Å². The van der Waals surface area contributed by atoms with Gasteiger partial charge in [0.2, 0.25) is 0 Å². The summed E-state index contributed by atoms with van der Waals surface area (Å²) in [5, 5.41) is 1.51. The van der Waals surface area contributed by atoms with Gasteiger partial charge in [-0.3, -0.25) is 4.79 Å². The van der Waals surface area contributed by atoms with Crippen molar-refractivity contribution in [1.29, 1.82) is 0 Å². The van der Waals surface area contributed by atoms with Crippen molar-refractivity contribution in [2.24, 2.45) is 5.73 Å². The second-order valence-electron chi connectivity index (χ2n) is 11.8. The summed E-state index contributed by atoms with van der Waals surface area (Å²) in [6, 6.07) is 16.1. The Balaban J connectivity index is 0.000000178. The lowest BCUT2D eigenvalue weighted by atomic mass is 9.62. The fraction of sp³-hybridized carbons (Fsp3) is 0.371. The van der Waals surface area contributed by atoms with Crippen molar-refractivity contribution in [2.45, 2.75) is 69.1 Å². The van der Waals surface area contributed by atoms with Crippen molar-refractivity contribution in [1.82, 2.24) is 19.9 Å². The zero-order chi connectivity index (χ0) is 31.9. The highest BCUT2D eigenvalue weighted by molar-refractivity contribution is 6.30. The van der Waals surface area contributed by atoms with Crippen molar-refractivity contribution in [2.75, 3.05) is 13.2 Å². The van der Waals surface area contributed by atoms with Crippen LogP contribution in [0, 0.1) is 0 Å². The number of nitrogens with two attached hydrogens (primary N) is 1. The predicted octanol–water partition coefficient (Wildman–Crippen LogP) is 6.91. The lowest BCUT2D eigenvalue weighted by Crippen LogP contribution is -2.37. The molecule has 10 heteroatoms. The van der Waals surface area contributed by atoms with Crippen LogP contribution in [0.25, 0.3) is 0 Å². The van der Waals surface area contributed by atoms with Gasteiger partial charge in [0.25, 0.3) is 0 Å². The summed E-state index contributed by atoms with van der Waals surface area (Å²) in [6.07, 6.45) is 14.6. The fourth-order valence-electron chi connectivity index (χ4n) is 6.06. The summed E-state index contributed by atoms with van der Waals surface area (Å²) in [4.78, 5) is 40.6. The van der Waals surface area contributed by atoms with Gasteiger partial charge in [-0.15, -0.1) is 0 Å². The van der Waals surface area contributed by atoms with E-state index in [0.717, 1.165) is 60.2 Å². The number of benzene rings is 2. The molecule has 234 valence electrons. The third kappa shape index (κ3) is 7.75. The number of rotatable bonds is 10. The van der Waals surface area contributed by atoms with Crippen molar-refractivity contribution in [3.8, 4) is 0 Å². The number of ketones is 1. The number of ether oxygens (including phenoxy) is 1. The molecule has 0 bridgehead atoms. The molecule has 0 unspecified atom stereocenters. The monoisotopic (exact) mass is 645 g/mol. The van der Waals surface area contributed by atoms with Gasteiger partial charge in [0, 0.05) is 58.5 Å². The third-order valence-corrected chi connectivity index (χ3v) is 9.39. The third-order valence-electron chi connectivity index (χ3n) is 8.92. The maximum absolute atomic E-state index is 11.7. The summed E-state index contributed by atoms with van der Waals surface area (Å²) < 4.78 is 4.95. The minimum Gasteiger partial charge on any atom is -0.462 e. The zero-order valence-electron chi connectivity index (χ0n) is 25.3. The number of hydrogen-bond acceptors (Lipinski definition) is 8. The van der Waals surface area contributed by atoms with E-state index < -0.39 is 0 Å². The molecule has 2 N–H and O–H groups in total. The molecule has 8 nitrogen and oxygen atoms in total. The molecular weight excluding hydrogens is 609 g/mol. The second kappa shape index (κ2) is 14.6. The number of carbonyl (C=O) groups is 2. The average Bonchev–Trinajstić information content (AvgIpc) is 3.01. The van der Waals surface area contributed by atoms with Gasteiger partial charge < -0.3 is 10.5 Å². The molecule has 2 aliphatic rings. The number of carbonyl (C=O) groups excluding carboxylic acids is 2. The molecule has 2 heterocycles. The first-order valence-electron chi connectivity index (χ1n) is 15.3. The largest absolute Gasteiger partial charge is 0.462 e. The van der Waals surface area contributed by atoms with Crippen LogP contribution in [0.15, 0.2) is 73.3 Å². The molecule has 2 aromatic carbocycles. The van der Waals surface area contributed by atoms with Gasteiger partial charge in [-0.2, -0.15) is 0 Å². The zero-order valence-corrected chi connectivity index (χ0v) is 26.9. The molecule has 2 aromatic heterocycles. The van der Waals surface area contributed by atoms with Gasteiger partial charge in [0.1, 0.15) is 11.6 Å². The van der Waals surface area contributed by atoms with E-state index in [-0.39, 0.29) is 29.1 Å². The number of halogens is 2. The van der Waals surface area contributed by atoms with E-state index in [0.29, 0.717) is 17.7 Å². The SMILES string of the molecule is CCOC(=O)c1cnc(CC2(c3cccc(Cl)c3)CCC2)nc1.NCC(=O)c1cnc(CC2(c3cccc(Cl)c3)CCC2)nc1. The van der Waals surface area contributed by atoms with E-state index in [1.54, 1.807) is 31.7 Å². The Kier molecular flexibility index (Phi) is 10.6. The summed E-state index contributed by atoms with van der Waals surface area (Å²) in [7, 11) is 0. The van der Waals surface area contributed by atoms with Crippen LogP contribution in [-0.4, -0.2) is 44.8 Å². The van der Waals surface area contributed by atoms with Gasteiger partial charge in [-0.1, -0.05) is 60.3 Å². The normalized spacial score (nSPS) is 15.9. The van der Waals surface area contributed by atoms with E-state index in [1.165, 1.54) is 24.0 Å². The van der Waals surface area contributed by atoms with E-state index in [4.69, 9.17) is 33.7 Å². The number of hydrogen-bond donors (Lipinski definition) is 1. The Morgan fingerprint density at radius 1 is 0.756 bits per heavy atom. The molecule has 2 fully saturated rings. The van der Waals surface area contributed by atoms with Crippen molar-refractivity contribution in [3.05, 3.63) is 117 Å². The number of Topliss-reactive ketones (excluding diaryl/α,β-unsaturated/α-hetero) is 1. The fourth-order valence-corrected chi connectivity index (χ4v) is 6.44. The minimum atomic E-state index is -0.382. The molecular formula is C35H37Cl2N5O3. The summed E-state index contributed by atoms with van der Waals surface area (Å²) >= 11 is 12.3. The van der Waals surface area contributed by atoms with Crippen LogP contribution in [0.2, 0.25) is 10.0 Å². The maximum atomic E-state index is 11.7. The number of aromatic nitrogens is 4. The van der Waals surface area contributed by atoms with E-state index in [2.05, 4.69) is 32.1 Å². The van der Waals surface area contributed by atoms with Gasteiger partial charge >= 0.3 is 5.97 Å². The highest BCUT2D eigenvalue weighted by atomic mass is 35.5. The molecule has 0 radical (unpaired) electrons. The molecule has 45 heavy (non-hydrogen) atoms. The van der Waals surface area contributed by atoms with Crippen molar-refractivity contribution >= 4 is 35.0 Å². The maximum Gasteiger partial charge on any atom is 0.341 e. The highest BCUT2D eigenvalue weighted by Gasteiger charge is 2.40. The van der Waals surface area contributed by atoms with E-state index in [1.807, 2.05) is 36.4 Å². The summed E-state index contributed by atoms with van der Waals surface area (Å²) in [5.74, 6) is 0.984. The van der Waals surface area contributed by atoms with Gasteiger partial charge in [0.05, 0.1) is 24.3 Å². The molecule has 0 amide bonds. The highest BCUT2D eigenvalue weighted by Crippen LogP contribution is 2.47. The topological polar surface area (TPSA) is 121 Å². The van der Waals surface area contributed by atoms with Crippen LogP contribution >= 0.6 is 23.2 Å². The van der Waals surface area contributed by atoms with Crippen LogP contribution < -0.4 is 5.73 Å². The Morgan fingerprint density at radius 2 is 1.20 bits per heavy atom. The standard InChI is InChI=1S/C18H19ClN2O2.C17H18ClN3O/c1-2-23-17(22)13-11-20-16(21-12-13)10-18(7-4-8-18)14-5-3-6-15(19)9-14;18-14-4-1-3-13(7-14)17(5-2-6-17)8-16-20-10-12(11-21-16)15(22)9-19/h3,5-6,9,11-12H,2,4,7-8,10H2,1H3;1,3-4,7,10-11H,2,5-6,8-9,19H2. The first-order chi connectivity index (χ1) is 21.8. The molecule has 2 aliphatic carbocycles. The number of esters is 1. The van der Waals surface area contributed by atoms with Crippen LogP contribution in [0.4, 0.5) is 0 Å². The summed E-state index contributed by atoms with van der Waals surface area (Å²) in [6.45, 7) is 2.10. The Hall–Kier alpha value is -3.72. The molecule has 0 saturated heterocycles. The Morgan fingerprint density at radius 3 is 1.56 bits per heavy atom. The van der Waals surface area contributed by atoms with Gasteiger partial charge in [0.15, 0.2) is 5.78 Å². The first-order valence-corrected chi connectivity index (χ1v) is 16.1. The minimum absolute atomic E-state index is 0.0187. The number of nitrogens with zero attached hydrogens (tertiary/aromatic N) is 4. The Bertz CT molecular complexity index is 1620. The van der Waals surface area contributed by atoms with E-state index in [9.17, 15) is 9.59 Å². The quantitative estimate of drug-likeness (QED) is 0.146. The molecule has 4 aromatic rings. The lowest BCUT2D eigenvalue weighted by molar-refractivity contribution is 0.0525. The lowest BCUT2D eigenvalue weighted by Gasteiger charge is -2.42.